The highest BCUT2D eigenvalue weighted by atomic mass is 16.6. The molecule has 5 nitrogen and oxygen atoms in total. The minimum atomic E-state index is -0.754. The molecule has 110 valence electrons. The lowest BCUT2D eigenvalue weighted by Crippen LogP contribution is -2.39. The quantitative estimate of drug-likeness (QED) is 0.780. The van der Waals surface area contributed by atoms with Gasteiger partial charge in [-0.1, -0.05) is 6.42 Å². The molecule has 1 aliphatic rings. The Morgan fingerprint density at radius 1 is 1.32 bits per heavy atom. The molecule has 1 aliphatic heterocycles. The molecular formula is C14H25NO4. The molecule has 1 N–H and O–H groups in total. The second-order valence-corrected chi connectivity index (χ2v) is 6.11. The minimum absolute atomic E-state index is 0.207. The molecule has 0 aliphatic carbocycles. The van der Waals surface area contributed by atoms with Crippen LogP contribution < -0.4 is 0 Å². The zero-order chi connectivity index (χ0) is 14.5. The van der Waals surface area contributed by atoms with E-state index < -0.39 is 11.6 Å². The zero-order valence-electron chi connectivity index (χ0n) is 12.1. The minimum Gasteiger partial charge on any atom is -0.481 e. The maximum atomic E-state index is 12.0. The average Bonchev–Trinajstić information content (AvgIpc) is 2.69. The molecule has 0 aromatic rings. The van der Waals surface area contributed by atoms with Crippen LogP contribution in [-0.2, 0) is 9.53 Å². The van der Waals surface area contributed by atoms with Crippen molar-refractivity contribution in [3.8, 4) is 0 Å². The Hall–Kier alpha value is -1.26. The number of rotatable bonds is 5. The zero-order valence-corrected chi connectivity index (χ0v) is 12.1. The number of unbranched alkanes of at least 4 members (excludes halogenated alkanes) is 1. The molecule has 19 heavy (non-hydrogen) atoms. The molecular weight excluding hydrogens is 246 g/mol. The maximum absolute atomic E-state index is 12.0. The highest BCUT2D eigenvalue weighted by Crippen LogP contribution is 2.24. The normalized spacial score (nSPS) is 19.5. The van der Waals surface area contributed by atoms with Crippen LogP contribution in [0.3, 0.4) is 0 Å². The van der Waals surface area contributed by atoms with Crippen LogP contribution in [0.4, 0.5) is 4.79 Å². The number of nitrogens with zero attached hydrogens (tertiary/aromatic N) is 1. The lowest BCUT2D eigenvalue weighted by molar-refractivity contribution is -0.137. The summed E-state index contributed by atoms with van der Waals surface area (Å²) in [5, 5.41) is 8.59. The van der Waals surface area contributed by atoms with Gasteiger partial charge in [-0.05, 0) is 46.5 Å². The summed E-state index contributed by atoms with van der Waals surface area (Å²) < 4.78 is 5.39. The number of carboxylic acid groups (broad SMARTS) is 1. The molecule has 1 heterocycles. The molecule has 0 aromatic carbocycles. The second kappa shape index (κ2) is 6.78. The number of hydrogen-bond donors (Lipinski definition) is 1. The van der Waals surface area contributed by atoms with Gasteiger partial charge in [0.25, 0.3) is 0 Å². The Morgan fingerprint density at radius 2 is 2.00 bits per heavy atom. The second-order valence-electron chi connectivity index (χ2n) is 6.11. The highest BCUT2D eigenvalue weighted by molar-refractivity contribution is 5.69. The lowest BCUT2D eigenvalue weighted by atomic mass is 10.1. The van der Waals surface area contributed by atoms with Gasteiger partial charge in [-0.25, -0.2) is 4.79 Å². The van der Waals surface area contributed by atoms with Crippen LogP contribution >= 0.6 is 0 Å². The van der Waals surface area contributed by atoms with Gasteiger partial charge in [0.1, 0.15) is 5.60 Å². The van der Waals surface area contributed by atoms with Gasteiger partial charge in [-0.2, -0.15) is 0 Å². The molecule has 1 atom stereocenters. The first-order valence-electron chi connectivity index (χ1n) is 7.01. The van der Waals surface area contributed by atoms with Crippen molar-refractivity contribution in [3.63, 3.8) is 0 Å². The van der Waals surface area contributed by atoms with Gasteiger partial charge in [0.15, 0.2) is 0 Å². The van der Waals surface area contributed by atoms with Crippen LogP contribution in [0, 0.1) is 0 Å². The molecule has 0 saturated carbocycles. The third-order valence-electron chi connectivity index (χ3n) is 3.18. The van der Waals surface area contributed by atoms with Crippen molar-refractivity contribution in [2.75, 3.05) is 6.54 Å². The number of ether oxygens (including phenoxy) is 1. The molecule has 0 aromatic heterocycles. The average molecular weight is 271 g/mol. The van der Waals surface area contributed by atoms with E-state index in [2.05, 4.69) is 0 Å². The van der Waals surface area contributed by atoms with E-state index in [0.717, 1.165) is 32.2 Å². The standard InChI is InChI=1S/C14H25NO4/c1-14(2,3)19-13(18)15-10-6-8-11(15)7-4-5-9-12(16)17/h11H,4-10H2,1-3H3,(H,16,17). The van der Waals surface area contributed by atoms with Gasteiger partial charge < -0.3 is 14.7 Å². The summed E-state index contributed by atoms with van der Waals surface area (Å²) in [6, 6.07) is 0.212. The molecule has 1 fully saturated rings. The van der Waals surface area contributed by atoms with Crippen molar-refractivity contribution >= 4 is 12.1 Å². The molecule has 0 radical (unpaired) electrons. The van der Waals surface area contributed by atoms with Crippen molar-refractivity contribution < 1.29 is 19.4 Å². The van der Waals surface area contributed by atoms with Crippen LogP contribution in [0.15, 0.2) is 0 Å². The van der Waals surface area contributed by atoms with E-state index >= 15 is 0 Å². The fourth-order valence-electron chi connectivity index (χ4n) is 2.35. The van der Waals surface area contributed by atoms with E-state index in [9.17, 15) is 9.59 Å². The Kier molecular flexibility index (Phi) is 5.63. The molecule has 0 bridgehead atoms. The van der Waals surface area contributed by atoms with Gasteiger partial charge in [0.2, 0.25) is 0 Å². The van der Waals surface area contributed by atoms with E-state index in [1.807, 2.05) is 20.8 Å². The molecule has 0 spiro atoms. The van der Waals surface area contributed by atoms with E-state index in [4.69, 9.17) is 9.84 Å². The summed E-state index contributed by atoms with van der Waals surface area (Å²) in [4.78, 5) is 24.3. The van der Waals surface area contributed by atoms with Crippen LogP contribution in [0.1, 0.15) is 59.3 Å². The summed E-state index contributed by atoms with van der Waals surface area (Å²) in [6.45, 7) is 6.34. The summed E-state index contributed by atoms with van der Waals surface area (Å²) in [7, 11) is 0. The van der Waals surface area contributed by atoms with Crippen molar-refractivity contribution in [3.05, 3.63) is 0 Å². The number of amides is 1. The van der Waals surface area contributed by atoms with Crippen LogP contribution in [-0.4, -0.2) is 40.3 Å². The number of carbonyl (C=O) groups is 2. The summed E-state index contributed by atoms with van der Waals surface area (Å²) in [5.74, 6) is -0.754. The van der Waals surface area contributed by atoms with E-state index in [0.29, 0.717) is 6.42 Å². The predicted molar refractivity (Wildman–Crippen MR) is 72.1 cm³/mol. The smallest absolute Gasteiger partial charge is 0.410 e. The lowest BCUT2D eigenvalue weighted by Gasteiger charge is -2.28. The monoisotopic (exact) mass is 271 g/mol. The van der Waals surface area contributed by atoms with Crippen LogP contribution in [0.25, 0.3) is 0 Å². The van der Waals surface area contributed by atoms with Gasteiger partial charge in [0.05, 0.1) is 0 Å². The number of carbonyl (C=O) groups excluding carboxylic acids is 1. The van der Waals surface area contributed by atoms with E-state index in [1.54, 1.807) is 4.90 Å². The van der Waals surface area contributed by atoms with Crippen LogP contribution in [0.2, 0.25) is 0 Å². The molecule has 1 amide bonds. The number of aliphatic carboxylic acids is 1. The van der Waals surface area contributed by atoms with Crippen molar-refractivity contribution in [1.82, 2.24) is 4.90 Å². The van der Waals surface area contributed by atoms with Gasteiger partial charge in [0, 0.05) is 19.0 Å². The SMILES string of the molecule is CC(C)(C)OC(=O)N1CCCC1CCCCC(=O)O. The van der Waals surface area contributed by atoms with Gasteiger partial charge in [-0.3, -0.25) is 4.79 Å². The first kappa shape index (κ1) is 15.8. The van der Waals surface area contributed by atoms with Crippen molar-refractivity contribution in [2.24, 2.45) is 0 Å². The number of hydrogen-bond acceptors (Lipinski definition) is 3. The molecule has 5 heteroatoms. The fraction of sp³-hybridized carbons (Fsp3) is 0.857. The first-order valence-corrected chi connectivity index (χ1v) is 7.01. The topological polar surface area (TPSA) is 66.8 Å². The largest absolute Gasteiger partial charge is 0.481 e. The van der Waals surface area contributed by atoms with Gasteiger partial charge >= 0.3 is 12.1 Å². The Labute approximate surface area is 114 Å². The molecule has 1 rings (SSSR count). The third-order valence-corrected chi connectivity index (χ3v) is 3.18. The van der Waals surface area contributed by atoms with Gasteiger partial charge in [-0.15, -0.1) is 0 Å². The molecule has 1 unspecified atom stereocenters. The molecule has 1 saturated heterocycles. The predicted octanol–water partition coefficient (Wildman–Crippen LogP) is 3.03. The van der Waals surface area contributed by atoms with E-state index in [1.165, 1.54) is 0 Å². The Morgan fingerprint density at radius 3 is 2.58 bits per heavy atom. The number of likely N-dealkylation sites (tertiary alicyclic amines) is 1. The Bertz CT molecular complexity index is 322. The first-order chi connectivity index (χ1) is 8.79. The van der Waals surface area contributed by atoms with Crippen molar-refractivity contribution in [1.29, 1.82) is 0 Å². The fourth-order valence-corrected chi connectivity index (χ4v) is 2.35. The van der Waals surface area contributed by atoms with Crippen LogP contribution in [0.5, 0.6) is 0 Å². The third kappa shape index (κ3) is 5.94. The number of carboxylic acids is 1. The Balaban J connectivity index is 2.37. The highest BCUT2D eigenvalue weighted by Gasteiger charge is 2.31. The van der Waals surface area contributed by atoms with E-state index in [-0.39, 0.29) is 18.6 Å². The van der Waals surface area contributed by atoms with Crippen molar-refractivity contribution in [2.45, 2.75) is 70.9 Å². The summed E-state index contributed by atoms with van der Waals surface area (Å²) >= 11 is 0. The summed E-state index contributed by atoms with van der Waals surface area (Å²) in [5.41, 5.74) is -0.465. The maximum Gasteiger partial charge on any atom is 0.410 e. The summed E-state index contributed by atoms with van der Waals surface area (Å²) in [6.07, 6.45) is 4.35.